The number of hydrogen-bond donors (Lipinski definition) is 0. The second-order valence-corrected chi connectivity index (χ2v) is 4.13. The minimum absolute atomic E-state index is 0.0402. The van der Waals surface area contributed by atoms with Gasteiger partial charge in [-0.05, 0) is 13.3 Å². The van der Waals surface area contributed by atoms with Gasteiger partial charge < -0.3 is 0 Å². The van der Waals surface area contributed by atoms with E-state index in [9.17, 15) is 4.79 Å². The molecule has 0 aromatic carbocycles. The van der Waals surface area contributed by atoms with Crippen LogP contribution in [0.1, 0.15) is 33.1 Å². The maximum absolute atomic E-state index is 10.6. The van der Waals surface area contributed by atoms with Crippen molar-refractivity contribution in [2.24, 2.45) is 0 Å². The summed E-state index contributed by atoms with van der Waals surface area (Å²) in [5.74, 6) is 0.0402. The molecule has 0 aromatic rings. The van der Waals surface area contributed by atoms with E-state index in [0.717, 1.165) is 6.42 Å². The van der Waals surface area contributed by atoms with Gasteiger partial charge in [0, 0.05) is 6.42 Å². The molecule has 0 radical (unpaired) electrons. The molecule has 0 aliphatic carbocycles. The number of carbonyl (C=O) groups excluding carboxylic acids is 1. The fourth-order valence-electron chi connectivity index (χ4n) is 0.818. The lowest BCUT2D eigenvalue weighted by molar-refractivity contribution is -0.117. The smallest absolute Gasteiger partial charge is 0.132 e. The summed E-state index contributed by atoms with van der Waals surface area (Å²) in [4.78, 5) is 10.6. The van der Waals surface area contributed by atoms with Gasteiger partial charge in [-0.3, -0.25) is 4.79 Å². The summed E-state index contributed by atoms with van der Waals surface area (Å²) in [6.07, 6.45) is 1.83. The standard InChI is InChI=1S/C7H12Cl2O/c1-3-4-7(8,9)5-6(2)10/h3-5H2,1-2H3. The number of carbonyl (C=O) groups is 1. The maximum atomic E-state index is 10.6. The summed E-state index contributed by atoms with van der Waals surface area (Å²) in [5, 5.41) is 0. The molecular weight excluding hydrogens is 171 g/mol. The minimum Gasteiger partial charge on any atom is -0.300 e. The first kappa shape index (κ1) is 10.2. The van der Waals surface area contributed by atoms with Crippen LogP contribution >= 0.6 is 23.2 Å². The van der Waals surface area contributed by atoms with E-state index in [0.29, 0.717) is 6.42 Å². The van der Waals surface area contributed by atoms with Gasteiger partial charge in [0.1, 0.15) is 10.1 Å². The average Bonchev–Trinajstić information content (AvgIpc) is 1.59. The Balaban J connectivity index is 3.74. The van der Waals surface area contributed by atoms with Crippen LogP contribution in [0.3, 0.4) is 0 Å². The topological polar surface area (TPSA) is 17.1 Å². The number of hydrogen-bond acceptors (Lipinski definition) is 1. The van der Waals surface area contributed by atoms with Crippen LogP contribution in [-0.4, -0.2) is 10.1 Å². The molecule has 0 atom stereocenters. The van der Waals surface area contributed by atoms with Gasteiger partial charge >= 0.3 is 0 Å². The Hall–Kier alpha value is 0.250. The quantitative estimate of drug-likeness (QED) is 0.612. The van der Waals surface area contributed by atoms with Crippen molar-refractivity contribution in [2.45, 2.75) is 37.4 Å². The zero-order valence-corrected chi connectivity index (χ0v) is 7.80. The summed E-state index contributed by atoms with van der Waals surface area (Å²) in [7, 11) is 0. The van der Waals surface area contributed by atoms with Crippen LogP contribution in [0.2, 0.25) is 0 Å². The molecule has 0 aliphatic heterocycles. The maximum Gasteiger partial charge on any atom is 0.132 e. The molecule has 0 amide bonds. The van der Waals surface area contributed by atoms with Crippen molar-refractivity contribution >= 4 is 29.0 Å². The Morgan fingerprint density at radius 3 is 2.30 bits per heavy atom. The molecule has 0 spiro atoms. The van der Waals surface area contributed by atoms with Gasteiger partial charge in [-0.15, -0.1) is 23.2 Å². The summed E-state index contributed by atoms with van der Waals surface area (Å²) < 4.78 is -0.833. The lowest BCUT2D eigenvalue weighted by Crippen LogP contribution is -2.16. The van der Waals surface area contributed by atoms with Crippen molar-refractivity contribution in [1.82, 2.24) is 0 Å². The van der Waals surface area contributed by atoms with Crippen molar-refractivity contribution in [3.63, 3.8) is 0 Å². The molecule has 0 saturated carbocycles. The van der Waals surface area contributed by atoms with E-state index in [1.165, 1.54) is 6.92 Å². The number of halogens is 2. The van der Waals surface area contributed by atoms with E-state index in [1.807, 2.05) is 6.92 Å². The molecule has 0 bridgehead atoms. The highest BCUT2D eigenvalue weighted by atomic mass is 35.5. The number of rotatable bonds is 4. The molecule has 10 heavy (non-hydrogen) atoms. The third kappa shape index (κ3) is 5.07. The predicted octanol–water partition coefficient (Wildman–Crippen LogP) is 2.94. The Morgan fingerprint density at radius 2 is 2.00 bits per heavy atom. The normalized spacial score (nSPS) is 11.6. The molecule has 1 nitrogen and oxygen atoms in total. The van der Waals surface area contributed by atoms with Crippen molar-refractivity contribution in [3.8, 4) is 0 Å². The molecule has 0 unspecified atom stereocenters. The van der Waals surface area contributed by atoms with Crippen LogP contribution in [0, 0.1) is 0 Å². The van der Waals surface area contributed by atoms with E-state index in [2.05, 4.69) is 0 Å². The number of ketones is 1. The van der Waals surface area contributed by atoms with Crippen LogP contribution < -0.4 is 0 Å². The van der Waals surface area contributed by atoms with Crippen molar-refractivity contribution in [3.05, 3.63) is 0 Å². The Morgan fingerprint density at radius 1 is 1.50 bits per heavy atom. The first-order valence-corrected chi connectivity index (χ1v) is 4.11. The zero-order valence-electron chi connectivity index (χ0n) is 6.29. The van der Waals surface area contributed by atoms with Crippen LogP contribution in [0.5, 0.6) is 0 Å². The van der Waals surface area contributed by atoms with Crippen LogP contribution in [0.25, 0.3) is 0 Å². The molecule has 0 saturated heterocycles. The molecule has 0 fully saturated rings. The molecule has 0 aliphatic rings. The first-order chi connectivity index (χ1) is 4.48. The summed E-state index contributed by atoms with van der Waals surface area (Å²) >= 11 is 11.6. The van der Waals surface area contributed by atoms with Crippen molar-refractivity contribution in [1.29, 1.82) is 0 Å². The van der Waals surface area contributed by atoms with Gasteiger partial charge in [0.15, 0.2) is 0 Å². The molecule has 0 rings (SSSR count). The third-order valence-electron chi connectivity index (χ3n) is 1.12. The Bertz CT molecular complexity index is 121. The molecule has 60 valence electrons. The summed E-state index contributed by atoms with van der Waals surface area (Å²) in [5.41, 5.74) is 0. The summed E-state index contributed by atoms with van der Waals surface area (Å²) in [6.45, 7) is 3.48. The van der Waals surface area contributed by atoms with Crippen molar-refractivity contribution < 1.29 is 4.79 Å². The van der Waals surface area contributed by atoms with Gasteiger partial charge in [0.05, 0.1) is 0 Å². The third-order valence-corrected chi connectivity index (χ3v) is 1.77. The highest BCUT2D eigenvalue weighted by Crippen LogP contribution is 2.30. The van der Waals surface area contributed by atoms with Gasteiger partial charge in [0.2, 0.25) is 0 Å². The second kappa shape index (κ2) is 4.20. The monoisotopic (exact) mass is 182 g/mol. The fourth-order valence-corrected chi connectivity index (χ4v) is 1.57. The number of Topliss-reactive ketones (excluding diaryl/α,β-unsaturated/α-hetero) is 1. The highest BCUT2D eigenvalue weighted by Gasteiger charge is 2.24. The van der Waals surface area contributed by atoms with Gasteiger partial charge in [0.25, 0.3) is 0 Å². The van der Waals surface area contributed by atoms with Gasteiger partial charge in [-0.1, -0.05) is 13.3 Å². The van der Waals surface area contributed by atoms with Crippen molar-refractivity contribution in [2.75, 3.05) is 0 Å². The van der Waals surface area contributed by atoms with E-state index in [4.69, 9.17) is 23.2 Å². The van der Waals surface area contributed by atoms with Gasteiger partial charge in [-0.25, -0.2) is 0 Å². The molecule has 3 heteroatoms. The van der Waals surface area contributed by atoms with Gasteiger partial charge in [-0.2, -0.15) is 0 Å². The molecule has 0 aromatic heterocycles. The highest BCUT2D eigenvalue weighted by molar-refractivity contribution is 6.49. The summed E-state index contributed by atoms with van der Waals surface area (Å²) in [6, 6.07) is 0. The Kier molecular flexibility index (Phi) is 4.30. The lowest BCUT2D eigenvalue weighted by Gasteiger charge is -2.15. The number of alkyl halides is 2. The SMILES string of the molecule is CCCC(Cl)(Cl)CC(C)=O. The fraction of sp³-hybridized carbons (Fsp3) is 0.857. The first-order valence-electron chi connectivity index (χ1n) is 3.35. The largest absolute Gasteiger partial charge is 0.300 e. The van der Waals surface area contributed by atoms with Crippen LogP contribution in [-0.2, 0) is 4.79 Å². The zero-order chi connectivity index (χ0) is 8.20. The molecule has 0 heterocycles. The lowest BCUT2D eigenvalue weighted by atomic mass is 10.1. The van der Waals surface area contributed by atoms with E-state index < -0.39 is 4.33 Å². The molecule has 0 N–H and O–H groups in total. The minimum atomic E-state index is -0.833. The van der Waals surface area contributed by atoms with E-state index >= 15 is 0 Å². The van der Waals surface area contributed by atoms with E-state index in [1.54, 1.807) is 0 Å². The Labute approximate surface area is 71.7 Å². The van der Waals surface area contributed by atoms with E-state index in [-0.39, 0.29) is 12.2 Å². The second-order valence-electron chi connectivity index (χ2n) is 2.48. The van der Waals surface area contributed by atoms with Crippen LogP contribution in [0.4, 0.5) is 0 Å². The predicted molar refractivity (Wildman–Crippen MR) is 44.6 cm³/mol. The molecular formula is C7H12Cl2O. The van der Waals surface area contributed by atoms with Crippen LogP contribution in [0.15, 0.2) is 0 Å². The average molecular weight is 183 g/mol.